The average Bonchev–Trinajstić information content (AvgIpc) is 2.46. The summed E-state index contributed by atoms with van der Waals surface area (Å²) in [6, 6.07) is 7.31. The van der Waals surface area contributed by atoms with E-state index < -0.39 is 10.0 Å². The first-order valence-electron chi connectivity index (χ1n) is 6.69. The minimum Gasteiger partial charge on any atom is -0.323 e. The highest BCUT2D eigenvalue weighted by molar-refractivity contribution is 7.92. The maximum Gasteiger partial charge on any atom is 0.263 e. The summed E-state index contributed by atoms with van der Waals surface area (Å²) in [6.45, 7) is 6.78. The molecule has 23 heavy (non-hydrogen) atoms. The van der Waals surface area contributed by atoms with Crippen LogP contribution in [0.2, 0.25) is 0 Å². The summed E-state index contributed by atoms with van der Waals surface area (Å²) in [5, 5.41) is 2.54. The molecule has 0 saturated heterocycles. The largest absolute Gasteiger partial charge is 0.323 e. The molecular formula is C15H16N4O3S. The van der Waals surface area contributed by atoms with Crippen LogP contribution in [0.25, 0.3) is 0 Å². The number of nitrogens with one attached hydrogen (secondary N) is 2. The Kier molecular flexibility index (Phi) is 4.75. The van der Waals surface area contributed by atoms with E-state index >= 15 is 0 Å². The first kappa shape index (κ1) is 16.6. The fraction of sp³-hybridized carbons (Fsp3) is 0.133. The van der Waals surface area contributed by atoms with Gasteiger partial charge in [-0.3, -0.25) is 9.52 Å². The van der Waals surface area contributed by atoms with Gasteiger partial charge in [-0.05, 0) is 44.2 Å². The van der Waals surface area contributed by atoms with Crippen LogP contribution in [0.15, 0.2) is 47.9 Å². The molecule has 0 radical (unpaired) electrons. The van der Waals surface area contributed by atoms with Gasteiger partial charge in [-0.1, -0.05) is 6.58 Å². The van der Waals surface area contributed by atoms with Crippen molar-refractivity contribution in [3.05, 3.63) is 54.5 Å². The third kappa shape index (κ3) is 4.36. The first-order valence-corrected chi connectivity index (χ1v) is 8.17. The number of benzene rings is 1. The minimum absolute atomic E-state index is 0.0584. The molecule has 0 atom stereocenters. The summed E-state index contributed by atoms with van der Waals surface area (Å²) in [5.41, 5.74) is 1.14. The zero-order valence-corrected chi connectivity index (χ0v) is 13.5. The topological polar surface area (TPSA) is 101 Å². The van der Waals surface area contributed by atoms with Crippen LogP contribution in [0.1, 0.15) is 11.5 Å². The van der Waals surface area contributed by atoms with E-state index in [9.17, 15) is 13.2 Å². The number of anilines is 2. The number of hydrogen-bond acceptors (Lipinski definition) is 5. The monoisotopic (exact) mass is 332 g/mol. The second-order valence-electron chi connectivity index (χ2n) is 4.77. The fourth-order valence-corrected chi connectivity index (χ4v) is 2.87. The Morgan fingerprint density at radius 3 is 2.39 bits per heavy atom. The summed E-state index contributed by atoms with van der Waals surface area (Å²) < 4.78 is 27.1. The molecule has 2 aromatic rings. The predicted molar refractivity (Wildman–Crippen MR) is 87.6 cm³/mol. The lowest BCUT2D eigenvalue weighted by Crippen LogP contribution is -2.15. The molecule has 2 rings (SSSR count). The molecule has 2 N–H and O–H groups in total. The van der Waals surface area contributed by atoms with Crippen molar-refractivity contribution in [1.29, 1.82) is 0 Å². The summed E-state index contributed by atoms with van der Waals surface area (Å²) >= 11 is 0. The second kappa shape index (κ2) is 6.57. The van der Waals surface area contributed by atoms with Crippen molar-refractivity contribution < 1.29 is 13.2 Å². The van der Waals surface area contributed by atoms with Crippen molar-refractivity contribution in [2.75, 3.05) is 10.0 Å². The molecule has 1 aromatic carbocycles. The average molecular weight is 332 g/mol. The van der Waals surface area contributed by atoms with Crippen LogP contribution < -0.4 is 10.0 Å². The summed E-state index contributed by atoms with van der Waals surface area (Å²) in [5.74, 6) is 0.315. The van der Waals surface area contributed by atoms with Gasteiger partial charge in [0.2, 0.25) is 5.91 Å². The van der Waals surface area contributed by atoms with Crippen molar-refractivity contribution in [2.24, 2.45) is 0 Å². The van der Waals surface area contributed by atoms with E-state index in [2.05, 4.69) is 26.6 Å². The van der Waals surface area contributed by atoms with Crippen LogP contribution in [0.4, 0.5) is 11.5 Å². The Hall–Kier alpha value is -2.74. The molecule has 8 heteroatoms. The Morgan fingerprint density at radius 1 is 1.17 bits per heavy atom. The lowest BCUT2D eigenvalue weighted by atomic mass is 10.3. The Balaban J connectivity index is 2.22. The van der Waals surface area contributed by atoms with Gasteiger partial charge in [0, 0.05) is 17.4 Å². The zero-order valence-electron chi connectivity index (χ0n) is 12.7. The maximum atomic E-state index is 12.3. The van der Waals surface area contributed by atoms with Gasteiger partial charge in [-0.2, -0.15) is 0 Å². The third-order valence-electron chi connectivity index (χ3n) is 2.82. The Morgan fingerprint density at radius 2 is 1.83 bits per heavy atom. The number of aromatic nitrogens is 2. The van der Waals surface area contributed by atoms with E-state index in [1.807, 2.05) is 0 Å². The molecule has 1 aromatic heterocycles. The van der Waals surface area contributed by atoms with E-state index in [0.29, 0.717) is 17.2 Å². The second-order valence-corrected chi connectivity index (χ2v) is 6.45. The number of carbonyl (C=O) groups is 1. The van der Waals surface area contributed by atoms with E-state index in [1.165, 1.54) is 24.3 Å². The van der Waals surface area contributed by atoms with Crippen LogP contribution in [0.5, 0.6) is 0 Å². The number of sulfonamides is 1. The molecule has 0 bridgehead atoms. The molecule has 1 heterocycles. The lowest BCUT2D eigenvalue weighted by Gasteiger charge is -2.09. The van der Waals surface area contributed by atoms with E-state index in [1.54, 1.807) is 19.9 Å². The highest BCUT2D eigenvalue weighted by Gasteiger charge is 2.15. The molecule has 7 nitrogen and oxygen atoms in total. The van der Waals surface area contributed by atoms with Crippen LogP contribution in [0, 0.1) is 13.8 Å². The molecule has 1 amide bonds. The van der Waals surface area contributed by atoms with Crippen LogP contribution >= 0.6 is 0 Å². The molecule has 0 unspecified atom stereocenters. The number of nitrogens with zero attached hydrogens (tertiary/aromatic N) is 2. The summed E-state index contributed by atoms with van der Waals surface area (Å²) in [7, 11) is -3.77. The molecule has 0 aliphatic carbocycles. The number of carbonyl (C=O) groups excluding carboxylic acids is 1. The number of amides is 1. The Bertz CT molecular complexity index is 825. The van der Waals surface area contributed by atoms with Crippen LogP contribution in [0.3, 0.4) is 0 Å². The normalized spacial score (nSPS) is 10.9. The minimum atomic E-state index is -3.77. The molecule has 0 spiro atoms. The van der Waals surface area contributed by atoms with Gasteiger partial charge in [0.25, 0.3) is 10.0 Å². The number of aryl methyl sites for hydroxylation is 2. The molecular weight excluding hydrogens is 316 g/mol. The van der Waals surface area contributed by atoms with Gasteiger partial charge in [-0.25, -0.2) is 18.4 Å². The molecule has 0 saturated carbocycles. The molecule has 120 valence electrons. The smallest absolute Gasteiger partial charge is 0.263 e. The molecule has 0 aliphatic rings. The van der Waals surface area contributed by atoms with Crippen LogP contribution in [-0.4, -0.2) is 24.3 Å². The third-order valence-corrected chi connectivity index (χ3v) is 4.19. The van der Waals surface area contributed by atoms with Crippen molar-refractivity contribution in [3.63, 3.8) is 0 Å². The zero-order chi connectivity index (χ0) is 17.0. The highest BCUT2D eigenvalue weighted by atomic mass is 32.2. The van der Waals surface area contributed by atoms with Crippen molar-refractivity contribution in [1.82, 2.24) is 9.97 Å². The van der Waals surface area contributed by atoms with Crippen LogP contribution in [-0.2, 0) is 14.8 Å². The van der Waals surface area contributed by atoms with Crippen molar-refractivity contribution in [3.8, 4) is 0 Å². The van der Waals surface area contributed by atoms with Crippen molar-refractivity contribution in [2.45, 2.75) is 18.7 Å². The summed E-state index contributed by atoms with van der Waals surface area (Å²) in [6.07, 6.45) is 1.13. The van der Waals surface area contributed by atoms with Gasteiger partial charge in [0.1, 0.15) is 11.6 Å². The van der Waals surface area contributed by atoms with Gasteiger partial charge in [0.05, 0.1) is 4.90 Å². The van der Waals surface area contributed by atoms with Crippen molar-refractivity contribution >= 4 is 27.4 Å². The van der Waals surface area contributed by atoms with Gasteiger partial charge in [0.15, 0.2) is 0 Å². The van der Waals surface area contributed by atoms with Gasteiger partial charge in [-0.15, -0.1) is 0 Å². The Labute approximate surface area is 134 Å². The van der Waals surface area contributed by atoms with E-state index in [0.717, 1.165) is 6.08 Å². The highest BCUT2D eigenvalue weighted by Crippen LogP contribution is 2.17. The quantitative estimate of drug-likeness (QED) is 0.816. The number of hydrogen-bond donors (Lipinski definition) is 2. The van der Waals surface area contributed by atoms with Gasteiger partial charge >= 0.3 is 0 Å². The SMILES string of the molecule is C=CC(=O)Nc1ccc(S(=O)(=O)Nc2cc(C)nc(C)n2)cc1. The maximum absolute atomic E-state index is 12.3. The lowest BCUT2D eigenvalue weighted by molar-refractivity contribution is -0.111. The fourth-order valence-electron chi connectivity index (χ4n) is 1.88. The predicted octanol–water partition coefficient (Wildman–Crippen LogP) is 2.02. The summed E-state index contributed by atoms with van der Waals surface area (Å²) in [4.78, 5) is 19.4. The number of rotatable bonds is 5. The first-order chi connectivity index (χ1) is 10.8. The van der Waals surface area contributed by atoms with E-state index in [-0.39, 0.29) is 16.6 Å². The van der Waals surface area contributed by atoms with Gasteiger partial charge < -0.3 is 5.32 Å². The van der Waals surface area contributed by atoms with E-state index in [4.69, 9.17) is 0 Å². The standard InChI is InChI=1S/C15H16N4O3S/c1-4-15(20)18-12-5-7-13(8-6-12)23(21,22)19-14-9-10(2)16-11(3)17-14/h4-9H,1H2,2-3H3,(H,18,20)(H,16,17,19). The molecule has 0 fully saturated rings. The molecule has 0 aliphatic heterocycles.